The molecule has 0 spiro atoms. The fraction of sp³-hybridized carbons (Fsp3) is 0.600. The Balaban J connectivity index is 2.00. The van der Waals surface area contributed by atoms with Crippen LogP contribution in [0.25, 0.3) is 10.2 Å². The van der Waals surface area contributed by atoms with E-state index < -0.39 is 0 Å². The maximum atomic E-state index is 4.80. The monoisotopic (exact) mass is 290 g/mol. The van der Waals surface area contributed by atoms with Crippen molar-refractivity contribution in [3.63, 3.8) is 0 Å². The van der Waals surface area contributed by atoms with E-state index in [2.05, 4.69) is 40.5 Å². The summed E-state index contributed by atoms with van der Waals surface area (Å²) in [6.45, 7) is 6.49. The van der Waals surface area contributed by atoms with Crippen LogP contribution < -0.4 is 10.2 Å². The number of aromatic nitrogens is 2. The standard InChI is InChI=1S/C15H22N4S/c1-3-8-16-15-17-13(12-7-10-20-14(12)18-15)19-9-5-4-6-11(19)2/h7,10-11H,3-6,8-9H2,1-2H3,(H,16,17,18). The number of nitrogens with zero attached hydrogens (tertiary/aromatic N) is 3. The van der Waals surface area contributed by atoms with Gasteiger partial charge in [0.2, 0.25) is 5.95 Å². The summed E-state index contributed by atoms with van der Waals surface area (Å²) < 4.78 is 0. The molecule has 1 atom stereocenters. The highest BCUT2D eigenvalue weighted by Crippen LogP contribution is 2.32. The topological polar surface area (TPSA) is 41.1 Å². The summed E-state index contributed by atoms with van der Waals surface area (Å²) in [5.74, 6) is 1.89. The zero-order valence-corrected chi connectivity index (χ0v) is 13.0. The molecule has 108 valence electrons. The molecule has 0 aromatic carbocycles. The summed E-state index contributed by atoms with van der Waals surface area (Å²) in [7, 11) is 0. The average molecular weight is 290 g/mol. The zero-order chi connectivity index (χ0) is 13.9. The van der Waals surface area contributed by atoms with E-state index in [1.165, 1.54) is 24.6 Å². The number of anilines is 2. The molecule has 2 aromatic rings. The Morgan fingerprint density at radius 1 is 1.40 bits per heavy atom. The van der Waals surface area contributed by atoms with Crippen molar-refractivity contribution >= 4 is 33.3 Å². The van der Waals surface area contributed by atoms with Gasteiger partial charge in [-0.25, -0.2) is 4.98 Å². The highest BCUT2D eigenvalue weighted by atomic mass is 32.1. The summed E-state index contributed by atoms with van der Waals surface area (Å²) in [4.78, 5) is 13.0. The summed E-state index contributed by atoms with van der Waals surface area (Å²) in [5, 5.41) is 6.64. The SMILES string of the molecule is CCCNc1nc(N2CCCCC2C)c2ccsc2n1. The normalized spacial score (nSPS) is 19.5. The van der Waals surface area contributed by atoms with Crippen LogP contribution in [0.4, 0.5) is 11.8 Å². The Morgan fingerprint density at radius 2 is 2.30 bits per heavy atom. The molecule has 0 radical (unpaired) electrons. The molecule has 1 aliphatic rings. The van der Waals surface area contributed by atoms with Gasteiger partial charge in [-0.15, -0.1) is 11.3 Å². The minimum absolute atomic E-state index is 0.570. The molecule has 5 heteroatoms. The second-order valence-electron chi connectivity index (χ2n) is 5.48. The molecule has 1 unspecified atom stereocenters. The third kappa shape index (κ3) is 2.59. The molecule has 0 aliphatic carbocycles. The van der Waals surface area contributed by atoms with E-state index in [9.17, 15) is 0 Å². The Bertz CT molecular complexity index is 580. The zero-order valence-electron chi connectivity index (χ0n) is 12.2. The maximum absolute atomic E-state index is 4.80. The van der Waals surface area contributed by atoms with Crippen LogP contribution in [0.3, 0.4) is 0 Å². The van der Waals surface area contributed by atoms with E-state index in [0.29, 0.717) is 6.04 Å². The third-order valence-corrected chi connectivity index (χ3v) is 4.72. The number of nitrogens with one attached hydrogen (secondary N) is 1. The van der Waals surface area contributed by atoms with Crippen LogP contribution in [-0.4, -0.2) is 29.1 Å². The maximum Gasteiger partial charge on any atom is 0.226 e. The molecule has 1 saturated heterocycles. The number of thiophene rings is 1. The lowest BCUT2D eigenvalue weighted by molar-refractivity contribution is 0.482. The number of piperidine rings is 1. The fourth-order valence-corrected chi connectivity index (χ4v) is 3.55. The molecule has 3 heterocycles. The van der Waals surface area contributed by atoms with Gasteiger partial charge in [0.05, 0.1) is 5.39 Å². The van der Waals surface area contributed by atoms with Crippen molar-refractivity contribution in [2.45, 2.75) is 45.6 Å². The Labute approximate surface area is 124 Å². The second-order valence-corrected chi connectivity index (χ2v) is 6.37. The van der Waals surface area contributed by atoms with Crippen molar-refractivity contribution in [1.29, 1.82) is 0 Å². The summed E-state index contributed by atoms with van der Waals surface area (Å²) in [6.07, 6.45) is 4.93. The van der Waals surface area contributed by atoms with Crippen LogP contribution in [0.1, 0.15) is 39.5 Å². The molecule has 0 bridgehead atoms. The Kier molecular flexibility index (Phi) is 4.05. The van der Waals surface area contributed by atoms with E-state index in [0.717, 1.165) is 36.1 Å². The van der Waals surface area contributed by atoms with E-state index in [1.807, 2.05) is 0 Å². The highest BCUT2D eigenvalue weighted by Gasteiger charge is 2.22. The van der Waals surface area contributed by atoms with E-state index in [4.69, 9.17) is 4.98 Å². The quantitative estimate of drug-likeness (QED) is 0.927. The van der Waals surface area contributed by atoms with Crippen LogP contribution in [0.2, 0.25) is 0 Å². The van der Waals surface area contributed by atoms with Gasteiger partial charge >= 0.3 is 0 Å². The molecule has 2 aromatic heterocycles. The lowest BCUT2D eigenvalue weighted by Gasteiger charge is -2.34. The van der Waals surface area contributed by atoms with Gasteiger partial charge in [0.15, 0.2) is 0 Å². The van der Waals surface area contributed by atoms with Gasteiger partial charge in [-0.2, -0.15) is 4.98 Å². The van der Waals surface area contributed by atoms with Crippen molar-refractivity contribution in [2.75, 3.05) is 23.3 Å². The van der Waals surface area contributed by atoms with Gasteiger partial charge < -0.3 is 10.2 Å². The van der Waals surface area contributed by atoms with Crippen molar-refractivity contribution in [3.05, 3.63) is 11.4 Å². The number of hydrogen-bond donors (Lipinski definition) is 1. The first kappa shape index (κ1) is 13.6. The lowest BCUT2D eigenvalue weighted by atomic mass is 10.0. The number of fused-ring (bicyclic) bond motifs is 1. The van der Waals surface area contributed by atoms with Crippen molar-refractivity contribution in [3.8, 4) is 0 Å². The Hall–Kier alpha value is -1.36. The van der Waals surface area contributed by atoms with E-state index in [1.54, 1.807) is 11.3 Å². The van der Waals surface area contributed by atoms with E-state index >= 15 is 0 Å². The first-order valence-corrected chi connectivity index (χ1v) is 8.43. The van der Waals surface area contributed by atoms with Crippen molar-refractivity contribution in [1.82, 2.24) is 9.97 Å². The summed E-state index contributed by atoms with van der Waals surface area (Å²) in [6, 6.07) is 2.72. The molecule has 20 heavy (non-hydrogen) atoms. The minimum atomic E-state index is 0.570. The molecular formula is C15H22N4S. The van der Waals surface area contributed by atoms with Gasteiger partial charge in [-0.05, 0) is 44.1 Å². The van der Waals surface area contributed by atoms with Gasteiger partial charge in [-0.1, -0.05) is 6.92 Å². The largest absolute Gasteiger partial charge is 0.354 e. The Morgan fingerprint density at radius 3 is 3.10 bits per heavy atom. The second kappa shape index (κ2) is 5.95. The van der Waals surface area contributed by atoms with Crippen molar-refractivity contribution < 1.29 is 0 Å². The highest BCUT2D eigenvalue weighted by molar-refractivity contribution is 7.16. The fourth-order valence-electron chi connectivity index (χ4n) is 2.79. The van der Waals surface area contributed by atoms with Crippen LogP contribution in [0.5, 0.6) is 0 Å². The third-order valence-electron chi connectivity index (χ3n) is 3.91. The number of rotatable bonds is 4. The first-order valence-electron chi connectivity index (χ1n) is 7.55. The first-order chi connectivity index (χ1) is 9.79. The van der Waals surface area contributed by atoms with Crippen LogP contribution in [-0.2, 0) is 0 Å². The molecule has 1 aliphatic heterocycles. The molecule has 3 rings (SSSR count). The molecule has 1 fully saturated rings. The molecular weight excluding hydrogens is 268 g/mol. The number of hydrogen-bond acceptors (Lipinski definition) is 5. The molecule has 0 amide bonds. The molecule has 1 N–H and O–H groups in total. The molecule has 4 nitrogen and oxygen atoms in total. The van der Waals surface area contributed by atoms with Crippen LogP contribution >= 0.6 is 11.3 Å². The molecule has 0 saturated carbocycles. The minimum Gasteiger partial charge on any atom is -0.354 e. The summed E-state index contributed by atoms with van der Waals surface area (Å²) >= 11 is 1.70. The summed E-state index contributed by atoms with van der Waals surface area (Å²) in [5.41, 5.74) is 0. The van der Waals surface area contributed by atoms with Crippen LogP contribution in [0.15, 0.2) is 11.4 Å². The van der Waals surface area contributed by atoms with Gasteiger partial charge in [-0.3, -0.25) is 0 Å². The predicted octanol–water partition coefficient (Wildman–Crippen LogP) is 3.89. The van der Waals surface area contributed by atoms with Gasteiger partial charge in [0.25, 0.3) is 0 Å². The van der Waals surface area contributed by atoms with Crippen LogP contribution in [0, 0.1) is 0 Å². The average Bonchev–Trinajstić information content (AvgIpc) is 2.93. The van der Waals surface area contributed by atoms with E-state index in [-0.39, 0.29) is 0 Å². The lowest BCUT2D eigenvalue weighted by Crippen LogP contribution is -2.38. The van der Waals surface area contributed by atoms with Gasteiger partial charge in [0, 0.05) is 19.1 Å². The predicted molar refractivity (Wildman–Crippen MR) is 86.9 cm³/mol. The van der Waals surface area contributed by atoms with Crippen molar-refractivity contribution in [2.24, 2.45) is 0 Å². The smallest absolute Gasteiger partial charge is 0.226 e. The van der Waals surface area contributed by atoms with Gasteiger partial charge in [0.1, 0.15) is 10.6 Å².